The summed E-state index contributed by atoms with van der Waals surface area (Å²) in [6, 6.07) is 13.0. The first kappa shape index (κ1) is 18.6. The van der Waals surface area contributed by atoms with Gasteiger partial charge >= 0.3 is 0 Å². The number of amides is 1. The third-order valence-electron chi connectivity index (χ3n) is 4.67. The number of hydrogen-bond donors (Lipinski definition) is 1. The van der Waals surface area contributed by atoms with Gasteiger partial charge in [-0.05, 0) is 49.2 Å². The molecule has 0 aliphatic heterocycles. The Morgan fingerprint density at radius 3 is 2.69 bits per heavy atom. The highest BCUT2D eigenvalue weighted by Crippen LogP contribution is 2.24. The van der Waals surface area contributed by atoms with Crippen LogP contribution in [0, 0.1) is 0 Å². The van der Waals surface area contributed by atoms with Crippen molar-refractivity contribution in [1.82, 2.24) is 5.32 Å². The Kier molecular flexibility index (Phi) is 6.40. The fourth-order valence-corrected chi connectivity index (χ4v) is 3.45. The molecule has 1 aliphatic rings. The minimum Gasteiger partial charge on any atom is -0.496 e. The van der Waals surface area contributed by atoms with Crippen LogP contribution < -0.4 is 14.8 Å². The topological polar surface area (TPSA) is 47.6 Å². The molecule has 1 fully saturated rings. The van der Waals surface area contributed by atoms with Crippen LogP contribution >= 0.6 is 11.6 Å². The van der Waals surface area contributed by atoms with Crippen LogP contribution in [0.1, 0.15) is 48.0 Å². The van der Waals surface area contributed by atoms with Crippen molar-refractivity contribution >= 4 is 17.5 Å². The number of carbonyl (C=O) groups is 1. The fraction of sp³-hybridized carbons (Fsp3) is 0.381. The average Bonchev–Trinajstić information content (AvgIpc) is 2.67. The van der Waals surface area contributed by atoms with Crippen LogP contribution in [0.15, 0.2) is 42.5 Å². The van der Waals surface area contributed by atoms with Gasteiger partial charge in [-0.25, -0.2) is 0 Å². The van der Waals surface area contributed by atoms with Crippen LogP contribution in [0.25, 0.3) is 0 Å². The molecular formula is C21H24ClNO3. The van der Waals surface area contributed by atoms with Gasteiger partial charge in [-0.2, -0.15) is 0 Å². The van der Waals surface area contributed by atoms with Gasteiger partial charge < -0.3 is 14.8 Å². The first-order chi connectivity index (χ1) is 12.7. The Morgan fingerprint density at radius 1 is 1.15 bits per heavy atom. The number of carbonyl (C=O) groups excluding carboxylic acids is 1. The maximum absolute atomic E-state index is 12.6. The van der Waals surface area contributed by atoms with E-state index in [-0.39, 0.29) is 11.9 Å². The average molecular weight is 374 g/mol. The predicted molar refractivity (Wildman–Crippen MR) is 103 cm³/mol. The molecule has 26 heavy (non-hydrogen) atoms. The molecule has 0 spiro atoms. The Balaban J connectivity index is 1.70. The lowest BCUT2D eigenvalue weighted by Crippen LogP contribution is -2.36. The summed E-state index contributed by atoms with van der Waals surface area (Å²) < 4.78 is 11.2. The first-order valence-electron chi connectivity index (χ1n) is 9.02. The van der Waals surface area contributed by atoms with Crippen molar-refractivity contribution < 1.29 is 14.3 Å². The minimum absolute atomic E-state index is 0.0384. The Labute approximate surface area is 159 Å². The molecule has 1 amide bonds. The zero-order chi connectivity index (χ0) is 18.4. The van der Waals surface area contributed by atoms with Gasteiger partial charge in [0.05, 0.1) is 7.11 Å². The molecule has 0 heterocycles. The maximum atomic E-state index is 12.6. The fourth-order valence-electron chi connectivity index (χ4n) is 3.27. The van der Waals surface area contributed by atoms with E-state index in [0.717, 1.165) is 18.4 Å². The normalized spacial score (nSPS) is 14.7. The third-order valence-corrected chi connectivity index (χ3v) is 4.91. The summed E-state index contributed by atoms with van der Waals surface area (Å²) in [5, 5.41) is 3.76. The summed E-state index contributed by atoms with van der Waals surface area (Å²) in [5.41, 5.74) is 1.45. The lowest BCUT2D eigenvalue weighted by atomic mass is 9.95. The van der Waals surface area contributed by atoms with Gasteiger partial charge in [0.15, 0.2) is 0 Å². The van der Waals surface area contributed by atoms with E-state index < -0.39 is 0 Å². The van der Waals surface area contributed by atoms with Gasteiger partial charge in [-0.15, -0.1) is 0 Å². The molecule has 0 aromatic heterocycles. The summed E-state index contributed by atoms with van der Waals surface area (Å²) in [6.07, 6.45) is 5.76. The van der Waals surface area contributed by atoms with E-state index in [4.69, 9.17) is 21.1 Å². The second-order valence-electron chi connectivity index (χ2n) is 6.58. The molecular weight excluding hydrogens is 350 g/mol. The molecule has 1 aliphatic carbocycles. The second kappa shape index (κ2) is 8.95. The highest BCUT2D eigenvalue weighted by atomic mass is 35.5. The molecule has 5 heteroatoms. The van der Waals surface area contributed by atoms with Crippen molar-refractivity contribution in [2.75, 3.05) is 7.11 Å². The highest BCUT2D eigenvalue weighted by Gasteiger charge is 2.17. The monoisotopic (exact) mass is 373 g/mol. The Morgan fingerprint density at radius 2 is 1.96 bits per heavy atom. The van der Waals surface area contributed by atoms with Gasteiger partial charge in [-0.3, -0.25) is 4.79 Å². The molecule has 0 unspecified atom stereocenters. The number of ether oxygens (including phenoxy) is 2. The lowest BCUT2D eigenvalue weighted by Gasteiger charge is -2.23. The van der Waals surface area contributed by atoms with Gasteiger partial charge in [0.25, 0.3) is 5.91 Å². The van der Waals surface area contributed by atoms with Crippen molar-refractivity contribution in [2.45, 2.75) is 44.8 Å². The SMILES string of the molecule is COc1ccc(C(=O)NC2CCCCC2)cc1COc1cccc(Cl)c1. The smallest absolute Gasteiger partial charge is 0.251 e. The van der Waals surface area contributed by atoms with Gasteiger partial charge in [0.2, 0.25) is 0 Å². The highest BCUT2D eigenvalue weighted by molar-refractivity contribution is 6.30. The molecule has 3 rings (SSSR count). The summed E-state index contributed by atoms with van der Waals surface area (Å²) in [7, 11) is 1.61. The van der Waals surface area contributed by atoms with E-state index in [1.165, 1.54) is 19.3 Å². The van der Waals surface area contributed by atoms with E-state index in [1.807, 2.05) is 24.3 Å². The van der Waals surface area contributed by atoms with Gasteiger partial charge in [0, 0.05) is 22.2 Å². The summed E-state index contributed by atoms with van der Waals surface area (Å²) in [6.45, 7) is 0.300. The van der Waals surface area contributed by atoms with Crippen molar-refractivity contribution in [3.05, 3.63) is 58.6 Å². The van der Waals surface area contributed by atoms with Crippen molar-refractivity contribution in [1.29, 1.82) is 0 Å². The number of nitrogens with one attached hydrogen (secondary N) is 1. The summed E-state index contributed by atoms with van der Waals surface area (Å²) in [5.74, 6) is 1.33. The molecule has 2 aromatic rings. The van der Waals surface area contributed by atoms with E-state index in [9.17, 15) is 4.79 Å². The Hall–Kier alpha value is -2.20. The molecule has 0 bridgehead atoms. The lowest BCUT2D eigenvalue weighted by molar-refractivity contribution is 0.0927. The van der Waals surface area contributed by atoms with Crippen molar-refractivity contribution in [3.63, 3.8) is 0 Å². The molecule has 1 N–H and O–H groups in total. The molecule has 1 saturated carbocycles. The van der Waals surface area contributed by atoms with Crippen LogP contribution in [-0.4, -0.2) is 19.1 Å². The number of rotatable bonds is 6. The molecule has 2 aromatic carbocycles. The van der Waals surface area contributed by atoms with Crippen LogP contribution in [0.4, 0.5) is 0 Å². The summed E-state index contributed by atoms with van der Waals surface area (Å²) in [4.78, 5) is 12.6. The number of hydrogen-bond acceptors (Lipinski definition) is 3. The maximum Gasteiger partial charge on any atom is 0.251 e. The minimum atomic E-state index is -0.0384. The van der Waals surface area contributed by atoms with E-state index in [2.05, 4.69) is 5.32 Å². The first-order valence-corrected chi connectivity index (χ1v) is 9.39. The second-order valence-corrected chi connectivity index (χ2v) is 7.02. The van der Waals surface area contributed by atoms with E-state index >= 15 is 0 Å². The largest absolute Gasteiger partial charge is 0.496 e. The van der Waals surface area contributed by atoms with Crippen LogP contribution in [-0.2, 0) is 6.61 Å². The zero-order valence-electron chi connectivity index (χ0n) is 15.0. The quantitative estimate of drug-likeness (QED) is 0.775. The van der Waals surface area contributed by atoms with Crippen LogP contribution in [0.3, 0.4) is 0 Å². The number of halogens is 1. The molecule has 138 valence electrons. The number of methoxy groups -OCH3 is 1. The van der Waals surface area contributed by atoms with E-state index in [1.54, 1.807) is 25.3 Å². The van der Waals surface area contributed by atoms with Gasteiger partial charge in [-0.1, -0.05) is 36.9 Å². The molecule has 0 saturated heterocycles. The summed E-state index contributed by atoms with van der Waals surface area (Å²) >= 11 is 5.99. The standard InChI is InChI=1S/C21H24ClNO3/c1-25-20-11-10-15(21(24)23-18-7-3-2-4-8-18)12-16(20)14-26-19-9-5-6-17(22)13-19/h5-6,9-13,18H,2-4,7-8,14H2,1H3,(H,23,24). The van der Waals surface area contributed by atoms with Crippen molar-refractivity contribution in [2.24, 2.45) is 0 Å². The molecule has 4 nitrogen and oxygen atoms in total. The van der Waals surface area contributed by atoms with Gasteiger partial charge in [0.1, 0.15) is 18.1 Å². The zero-order valence-corrected chi connectivity index (χ0v) is 15.7. The van der Waals surface area contributed by atoms with Crippen LogP contribution in [0.2, 0.25) is 5.02 Å². The molecule has 0 atom stereocenters. The Bertz CT molecular complexity index is 757. The predicted octanol–water partition coefficient (Wildman–Crippen LogP) is 4.99. The third kappa shape index (κ3) is 4.92. The van der Waals surface area contributed by atoms with Crippen LogP contribution in [0.5, 0.6) is 11.5 Å². The number of benzene rings is 2. The van der Waals surface area contributed by atoms with Crippen molar-refractivity contribution in [3.8, 4) is 11.5 Å². The van der Waals surface area contributed by atoms with E-state index in [0.29, 0.717) is 28.7 Å². The molecule has 0 radical (unpaired) electrons.